The molecule has 2 amide bonds. The fraction of sp³-hybridized carbons (Fsp3) is 0.447. The van der Waals surface area contributed by atoms with E-state index < -0.39 is 65.6 Å². The average molecular weight is 768 g/mol. The van der Waals surface area contributed by atoms with Gasteiger partial charge in [0.15, 0.2) is 0 Å². The molecule has 0 radical (unpaired) electrons. The minimum Gasteiger partial charge on any atom is -0.468 e. The molecule has 268 valence electrons. The lowest BCUT2D eigenvalue weighted by atomic mass is 9.71. The smallest absolute Gasteiger partial charge is 0.408 e. The van der Waals surface area contributed by atoms with Crippen molar-refractivity contribution >= 4 is 52.6 Å². The number of ether oxygens (including phenoxy) is 3. The topological polar surface area (TPSA) is 136 Å². The van der Waals surface area contributed by atoms with Crippen LogP contribution in [-0.4, -0.2) is 80.6 Å². The molecule has 2 aliphatic rings. The van der Waals surface area contributed by atoms with E-state index in [1.807, 2.05) is 60.7 Å². The standard InChI is InChI=1S/C38H47BrN2O8Si/c1-34(2,3)49-33(44)41-30-29(40-31(42)25-19-21-26(39)22-20-25)37(32(43)46-8,36(7,45)38(30)24-47-38)23-48-50(35(4,5)6,27-15-11-9-12-16-27)28-17-13-10-14-18-28/h9-22,29-30,45H,23-24H2,1-8H3,(H,40,42)(H,41,44)/t29-,30-,36+,37+,38+/m0/s1. The van der Waals surface area contributed by atoms with E-state index in [-0.39, 0.29) is 13.2 Å². The zero-order valence-electron chi connectivity index (χ0n) is 29.8. The number of alkyl carbamates (subject to hydrolysis) is 1. The molecule has 0 aromatic heterocycles. The van der Waals surface area contributed by atoms with Crippen LogP contribution in [0.3, 0.4) is 0 Å². The van der Waals surface area contributed by atoms with Gasteiger partial charge >= 0.3 is 12.1 Å². The average Bonchev–Trinajstić information content (AvgIpc) is 3.85. The molecular formula is C38H47BrN2O8Si. The van der Waals surface area contributed by atoms with E-state index in [4.69, 9.17) is 18.6 Å². The molecule has 0 unspecified atom stereocenters. The Kier molecular flexibility index (Phi) is 10.2. The van der Waals surface area contributed by atoms with Crippen molar-refractivity contribution in [2.24, 2.45) is 5.41 Å². The number of amides is 2. The normalized spacial score (nSPS) is 26.3. The summed E-state index contributed by atoms with van der Waals surface area (Å²) in [5.74, 6) is -1.37. The van der Waals surface area contributed by atoms with Gasteiger partial charge in [0.1, 0.15) is 22.2 Å². The van der Waals surface area contributed by atoms with E-state index in [9.17, 15) is 19.5 Å². The molecule has 50 heavy (non-hydrogen) atoms. The van der Waals surface area contributed by atoms with E-state index in [1.165, 1.54) is 14.0 Å². The second kappa shape index (κ2) is 13.5. The Bertz CT molecular complexity index is 1660. The summed E-state index contributed by atoms with van der Waals surface area (Å²) in [6.07, 6.45) is -0.801. The molecule has 1 aliphatic heterocycles. The maximum absolute atomic E-state index is 14.5. The van der Waals surface area contributed by atoms with Gasteiger partial charge < -0.3 is 34.4 Å². The summed E-state index contributed by atoms with van der Waals surface area (Å²) < 4.78 is 25.3. The monoisotopic (exact) mass is 766 g/mol. The Hall–Kier alpha value is -3.55. The van der Waals surface area contributed by atoms with Gasteiger partial charge in [-0.1, -0.05) is 97.4 Å². The number of esters is 1. The number of benzene rings is 3. The van der Waals surface area contributed by atoms with Crippen LogP contribution in [-0.2, 0) is 23.4 Å². The third-order valence-electron chi connectivity index (χ3n) is 10.1. The number of epoxide rings is 1. The molecule has 5 rings (SSSR count). The number of hydrogen-bond acceptors (Lipinski definition) is 8. The van der Waals surface area contributed by atoms with Gasteiger partial charge in [-0.15, -0.1) is 0 Å². The van der Waals surface area contributed by atoms with E-state index in [1.54, 1.807) is 45.0 Å². The van der Waals surface area contributed by atoms with E-state index >= 15 is 0 Å². The lowest BCUT2D eigenvalue weighted by molar-refractivity contribution is -0.178. The summed E-state index contributed by atoms with van der Waals surface area (Å²) in [6, 6.07) is 24.0. The van der Waals surface area contributed by atoms with Crippen molar-refractivity contribution < 1.29 is 38.1 Å². The van der Waals surface area contributed by atoms with Gasteiger partial charge in [0.05, 0.1) is 32.4 Å². The number of carbonyl (C=O) groups is 3. The van der Waals surface area contributed by atoms with E-state index in [0.717, 1.165) is 14.8 Å². The van der Waals surface area contributed by atoms with Crippen LogP contribution in [0.2, 0.25) is 5.04 Å². The molecule has 1 spiro atoms. The summed E-state index contributed by atoms with van der Waals surface area (Å²) >= 11 is 3.40. The number of nitrogens with one attached hydrogen (secondary N) is 2. The van der Waals surface area contributed by atoms with Crippen molar-refractivity contribution in [2.75, 3.05) is 20.3 Å². The number of rotatable bonds is 9. The molecule has 3 N–H and O–H groups in total. The molecule has 12 heteroatoms. The highest BCUT2D eigenvalue weighted by Crippen LogP contribution is 2.61. The zero-order valence-corrected chi connectivity index (χ0v) is 32.4. The number of halogens is 1. The third-order valence-corrected chi connectivity index (χ3v) is 15.6. The summed E-state index contributed by atoms with van der Waals surface area (Å²) in [5, 5.41) is 20.1. The largest absolute Gasteiger partial charge is 0.468 e. The lowest BCUT2D eigenvalue weighted by Crippen LogP contribution is -2.70. The molecular weight excluding hydrogens is 720 g/mol. The zero-order chi connectivity index (χ0) is 36.8. The Morgan fingerprint density at radius 3 is 1.84 bits per heavy atom. The second-order valence-electron chi connectivity index (χ2n) is 15.2. The number of carbonyl (C=O) groups excluding carboxylic acids is 3. The second-order valence-corrected chi connectivity index (χ2v) is 20.5. The molecule has 0 bridgehead atoms. The van der Waals surface area contributed by atoms with Crippen molar-refractivity contribution in [1.29, 1.82) is 0 Å². The first-order valence-electron chi connectivity index (χ1n) is 16.6. The third kappa shape index (κ3) is 6.41. The van der Waals surface area contributed by atoms with Crippen LogP contribution in [0.4, 0.5) is 4.79 Å². The van der Waals surface area contributed by atoms with Crippen LogP contribution in [0.15, 0.2) is 89.4 Å². The van der Waals surface area contributed by atoms with Gasteiger partial charge in [0, 0.05) is 10.0 Å². The minimum absolute atomic E-state index is 0.0108. The summed E-state index contributed by atoms with van der Waals surface area (Å²) in [7, 11) is -2.10. The molecule has 2 fully saturated rings. The quantitative estimate of drug-likeness (QED) is 0.162. The first-order valence-corrected chi connectivity index (χ1v) is 19.3. The summed E-state index contributed by atoms with van der Waals surface area (Å²) in [4.78, 5) is 42.0. The maximum Gasteiger partial charge on any atom is 0.408 e. The van der Waals surface area contributed by atoms with Crippen molar-refractivity contribution in [3.8, 4) is 0 Å². The fourth-order valence-electron chi connectivity index (χ4n) is 7.52. The Balaban J connectivity index is 1.71. The SMILES string of the molecule is COC(=O)[C@@]1(CO[Si](c2ccccc2)(c2ccccc2)C(C)(C)C)[C@@H](NC(=O)c2ccc(Br)cc2)[C@H](NC(=O)OC(C)(C)C)[C@]2(CO2)[C@]1(C)O. The molecule has 10 nitrogen and oxygen atoms in total. The maximum atomic E-state index is 14.5. The summed E-state index contributed by atoms with van der Waals surface area (Å²) in [6.45, 7) is 12.6. The lowest BCUT2D eigenvalue weighted by Gasteiger charge is -2.48. The van der Waals surface area contributed by atoms with E-state index in [0.29, 0.717) is 5.56 Å². The van der Waals surface area contributed by atoms with E-state index in [2.05, 4.69) is 47.3 Å². The van der Waals surface area contributed by atoms with Gasteiger partial charge in [0.25, 0.3) is 14.2 Å². The number of methoxy groups -OCH3 is 1. The van der Waals surface area contributed by atoms with Crippen LogP contribution >= 0.6 is 15.9 Å². The van der Waals surface area contributed by atoms with Gasteiger partial charge in [-0.2, -0.15) is 0 Å². The Labute approximate surface area is 303 Å². The van der Waals surface area contributed by atoms with Gasteiger partial charge in [-0.25, -0.2) is 4.79 Å². The van der Waals surface area contributed by atoms with Gasteiger partial charge in [0.2, 0.25) is 0 Å². The highest BCUT2D eigenvalue weighted by Gasteiger charge is 2.84. The highest BCUT2D eigenvalue weighted by atomic mass is 79.9. The number of aliphatic hydroxyl groups is 1. The molecule has 1 heterocycles. The van der Waals surface area contributed by atoms with Crippen molar-refractivity contribution in [3.05, 3.63) is 95.0 Å². The molecule has 1 aliphatic carbocycles. The fourth-order valence-corrected chi connectivity index (χ4v) is 12.4. The highest BCUT2D eigenvalue weighted by molar-refractivity contribution is 9.10. The van der Waals surface area contributed by atoms with Crippen LogP contribution in [0.5, 0.6) is 0 Å². The summed E-state index contributed by atoms with van der Waals surface area (Å²) in [5.41, 5.74) is -6.07. The number of hydrogen-bond donors (Lipinski definition) is 3. The minimum atomic E-state index is -3.33. The molecule has 5 atom stereocenters. The molecule has 3 aromatic rings. The van der Waals surface area contributed by atoms with Crippen LogP contribution in [0, 0.1) is 5.41 Å². The van der Waals surface area contributed by atoms with Gasteiger partial charge in [-0.3, -0.25) is 9.59 Å². The first-order chi connectivity index (χ1) is 23.4. The van der Waals surface area contributed by atoms with Crippen molar-refractivity contribution in [3.63, 3.8) is 0 Å². The Morgan fingerprint density at radius 1 is 0.880 bits per heavy atom. The first kappa shape index (κ1) is 37.7. The predicted molar refractivity (Wildman–Crippen MR) is 196 cm³/mol. The predicted octanol–water partition coefficient (Wildman–Crippen LogP) is 4.71. The van der Waals surface area contributed by atoms with Crippen LogP contribution in [0.25, 0.3) is 0 Å². The van der Waals surface area contributed by atoms with Crippen LogP contribution in [0.1, 0.15) is 58.8 Å². The van der Waals surface area contributed by atoms with Crippen molar-refractivity contribution in [1.82, 2.24) is 10.6 Å². The molecule has 3 aromatic carbocycles. The molecule has 1 saturated heterocycles. The van der Waals surface area contributed by atoms with Gasteiger partial charge in [-0.05, 0) is 67.4 Å². The van der Waals surface area contributed by atoms with Crippen LogP contribution < -0.4 is 21.0 Å². The van der Waals surface area contributed by atoms with Crippen molar-refractivity contribution in [2.45, 2.75) is 82.4 Å². The Morgan fingerprint density at radius 2 is 1.40 bits per heavy atom. The molecule has 1 saturated carbocycles.